The minimum atomic E-state index is -1.59. The highest BCUT2D eigenvalue weighted by atomic mass is 16.3. The number of aliphatic hydroxyl groups is 2. The maximum atomic E-state index is 11.1. The predicted molar refractivity (Wildman–Crippen MR) is 48.1 cm³/mol. The van der Waals surface area contributed by atoms with Gasteiger partial charge in [-0.05, 0) is 12.5 Å². The minimum absolute atomic E-state index is 0.494. The smallest absolute Gasteiger partial charge is 0.193 e. The second-order valence-electron chi connectivity index (χ2n) is 3.02. The van der Waals surface area contributed by atoms with Crippen LogP contribution in [0.3, 0.4) is 0 Å². The van der Waals surface area contributed by atoms with E-state index in [4.69, 9.17) is 5.11 Å². The third-order valence-corrected chi connectivity index (χ3v) is 2.02. The Morgan fingerprint density at radius 3 is 2.38 bits per heavy atom. The van der Waals surface area contributed by atoms with Crippen molar-refractivity contribution in [2.24, 2.45) is 0 Å². The van der Waals surface area contributed by atoms with Crippen molar-refractivity contribution in [1.29, 1.82) is 0 Å². The number of ketones is 1. The summed E-state index contributed by atoms with van der Waals surface area (Å²) < 4.78 is 0. The van der Waals surface area contributed by atoms with Crippen LogP contribution in [0.4, 0.5) is 0 Å². The molecule has 1 aromatic carbocycles. The molecular formula is C10H12O3. The summed E-state index contributed by atoms with van der Waals surface area (Å²) in [5.41, 5.74) is -1.09. The van der Waals surface area contributed by atoms with Crippen LogP contribution in [-0.4, -0.2) is 22.6 Å². The molecule has 0 spiro atoms. The number of Topliss-reactive ketones (excluding diaryl/α,β-unsaturated/α-hetero) is 1. The number of rotatable bonds is 3. The Morgan fingerprint density at radius 1 is 1.38 bits per heavy atom. The molecule has 0 aliphatic heterocycles. The van der Waals surface area contributed by atoms with Gasteiger partial charge in [-0.3, -0.25) is 4.79 Å². The number of carbonyl (C=O) groups excluding carboxylic acids is 1. The van der Waals surface area contributed by atoms with Crippen LogP contribution in [-0.2, 0) is 10.4 Å². The lowest BCUT2D eigenvalue weighted by Gasteiger charge is -2.20. The lowest BCUT2D eigenvalue weighted by Crippen LogP contribution is -2.34. The number of hydrogen-bond acceptors (Lipinski definition) is 3. The lowest BCUT2D eigenvalue weighted by atomic mass is 9.92. The van der Waals surface area contributed by atoms with E-state index in [9.17, 15) is 9.90 Å². The Labute approximate surface area is 76.6 Å². The number of aliphatic hydroxyl groups excluding tert-OH is 1. The summed E-state index contributed by atoms with van der Waals surface area (Å²) in [6.45, 7) is 0.725. The highest BCUT2D eigenvalue weighted by Crippen LogP contribution is 2.20. The van der Waals surface area contributed by atoms with Crippen LogP contribution >= 0.6 is 0 Å². The summed E-state index contributed by atoms with van der Waals surface area (Å²) in [4.78, 5) is 11.1. The zero-order chi connectivity index (χ0) is 9.90. The fraction of sp³-hybridized carbons (Fsp3) is 0.300. The van der Waals surface area contributed by atoms with Gasteiger partial charge < -0.3 is 10.2 Å². The molecule has 3 heteroatoms. The van der Waals surface area contributed by atoms with Crippen LogP contribution in [0.5, 0.6) is 0 Å². The van der Waals surface area contributed by atoms with Gasteiger partial charge in [0, 0.05) is 0 Å². The van der Waals surface area contributed by atoms with Crippen molar-refractivity contribution in [3.8, 4) is 0 Å². The molecule has 0 aliphatic carbocycles. The number of carbonyl (C=O) groups is 1. The molecule has 1 unspecified atom stereocenters. The molecule has 0 fully saturated rings. The molecule has 3 nitrogen and oxygen atoms in total. The molecule has 0 saturated carbocycles. The van der Waals surface area contributed by atoms with E-state index in [0.717, 1.165) is 0 Å². The van der Waals surface area contributed by atoms with Crippen molar-refractivity contribution in [2.45, 2.75) is 12.5 Å². The quantitative estimate of drug-likeness (QED) is 0.710. The molecule has 0 saturated heterocycles. The van der Waals surface area contributed by atoms with Crippen molar-refractivity contribution in [3.05, 3.63) is 35.9 Å². The molecular weight excluding hydrogens is 168 g/mol. The Bertz CT molecular complexity index is 290. The van der Waals surface area contributed by atoms with Gasteiger partial charge in [-0.2, -0.15) is 0 Å². The topological polar surface area (TPSA) is 57.5 Å². The first-order chi connectivity index (χ1) is 6.09. The van der Waals surface area contributed by atoms with Gasteiger partial charge >= 0.3 is 0 Å². The van der Waals surface area contributed by atoms with E-state index in [0.29, 0.717) is 5.56 Å². The second-order valence-corrected chi connectivity index (χ2v) is 3.02. The average Bonchev–Trinajstić information content (AvgIpc) is 2.18. The van der Waals surface area contributed by atoms with Crippen molar-refractivity contribution in [1.82, 2.24) is 0 Å². The van der Waals surface area contributed by atoms with E-state index in [1.807, 2.05) is 0 Å². The first-order valence-corrected chi connectivity index (χ1v) is 4.01. The third kappa shape index (κ3) is 1.94. The van der Waals surface area contributed by atoms with Gasteiger partial charge in [0.15, 0.2) is 5.78 Å². The second kappa shape index (κ2) is 3.68. The molecule has 0 amide bonds. The van der Waals surface area contributed by atoms with Crippen LogP contribution in [0.1, 0.15) is 12.5 Å². The number of hydrogen-bond donors (Lipinski definition) is 2. The van der Waals surface area contributed by atoms with Crippen LogP contribution in [0.2, 0.25) is 0 Å². The van der Waals surface area contributed by atoms with Crippen LogP contribution < -0.4 is 0 Å². The third-order valence-electron chi connectivity index (χ3n) is 2.02. The summed E-state index contributed by atoms with van der Waals surface area (Å²) in [7, 11) is 0. The lowest BCUT2D eigenvalue weighted by molar-refractivity contribution is -0.139. The zero-order valence-electron chi connectivity index (χ0n) is 7.40. The minimum Gasteiger partial charge on any atom is -0.388 e. The molecule has 2 N–H and O–H groups in total. The van der Waals surface area contributed by atoms with E-state index < -0.39 is 18.0 Å². The van der Waals surface area contributed by atoms with Crippen molar-refractivity contribution in [2.75, 3.05) is 6.61 Å². The maximum absolute atomic E-state index is 11.1. The molecule has 0 radical (unpaired) electrons. The predicted octanol–water partition coefficient (Wildman–Crippen LogP) is 0.456. The first kappa shape index (κ1) is 9.89. The molecule has 0 heterocycles. The van der Waals surface area contributed by atoms with Gasteiger partial charge in [0.05, 0.1) is 0 Å². The highest BCUT2D eigenvalue weighted by Gasteiger charge is 2.30. The molecule has 0 aliphatic rings. The van der Waals surface area contributed by atoms with Crippen LogP contribution in [0.25, 0.3) is 0 Å². The largest absolute Gasteiger partial charge is 0.388 e. The Kier molecular flexibility index (Phi) is 2.80. The van der Waals surface area contributed by atoms with Crippen molar-refractivity contribution < 1.29 is 15.0 Å². The maximum Gasteiger partial charge on any atom is 0.193 e. The van der Waals surface area contributed by atoms with E-state index in [-0.39, 0.29) is 0 Å². The molecule has 1 rings (SSSR count). The SMILES string of the molecule is CC(O)(C(=O)CO)c1ccccc1. The summed E-state index contributed by atoms with van der Waals surface area (Å²) in [6, 6.07) is 8.55. The Hall–Kier alpha value is -1.19. The highest BCUT2D eigenvalue weighted by molar-refractivity contribution is 5.88. The average molecular weight is 180 g/mol. The molecule has 13 heavy (non-hydrogen) atoms. The Morgan fingerprint density at radius 2 is 1.92 bits per heavy atom. The fourth-order valence-electron chi connectivity index (χ4n) is 1.08. The van der Waals surface area contributed by atoms with Gasteiger partial charge in [0.1, 0.15) is 12.2 Å². The van der Waals surface area contributed by atoms with Gasteiger partial charge in [-0.1, -0.05) is 30.3 Å². The Balaban J connectivity index is 3.00. The van der Waals surface area contributed by atoms with Gasteiger partial charge in [0.25, 0.3) is 0 Å². The molecule has 1 aromatic rings. The normalized spacial score (nSPS) is 15.0. The van der Waals surface area contributed by atoms with E-state index in [2.05, 4.69) is 0 Å². The summed E-state index contributed by atoms with van der Waals surface area (Å²) in [5, 5.41) is 18.4. The monoisotopic (exact) mass is 180 g/mol. The standard InChI is InChI=1S/C10H12O3/c1-10(13,9(12)7-11)8-5-3-2-4-6-8/h2-6,11,13H,7H2,1H3. The fourth-order valence-corrected chi connectivity index (χ4v) is 1.08. The molecule has 1 atom stereocenters. The van der Waals surface area contributed by atoms with Crippen molar-refractivity contribution >= 4 is 5.78 Å². The molecule has 0 bridgehead atoms. The van der Waals surface area contributed by atoms with Crippen LogP contribution in [0, 0.1) is 0 Å². The van der Waals surface area contributed by atoms with Crippen molar-refractivity contribution in [3.63, 3.8) is 0 Å². The van der Waals surface area contributed by atoms with E-state index >= 15 is 0 Å². The summed E-state index contributed by atoms with van der Waals surface area (Å²) in [6.07, 6.45) is 0. The molecule has 0 aromatic heterocycles. The van der Waals surface area contributed by atoms with Crippen LogP contribution in [0.15, 0.2) is 30.3 Å². The number of benzene rings is 1. The van der Waals surface area contributed by atoms with Gasteiger partial charge in [-0.25, -0.2) is 0 Å². The first-order valence-electron chi connectivity index (χ1n) is 4.01. The van der Waals surface area contributed by atoms with E-state index in [1.165, 1.54) is 6.92 Å². The molecule has 70 valence electrons. The zero-order valence-corrected chi connectivity index (χ0v) is 7.40. The van der Waals surface area contributed by atoms with Gasteiger partial charge in [0.2, 0.25) is 0 Å². The summed E-state index contributed by atoms with van der Waals surface area (Å²) in [5.74, 6) is -0.598. The van der Waals surface area contributed by atoms with E-state index in [1.54, 1.807) is 30.3 Å². The van der Waals surface area contributed by atoms with Gasteiger partial charge in [-0.15, -0.1) is 0 Å². The summed E-state index contributed by atoms with van der Waals surface area (Å²) >= 11 is 0.